The minimum Gasteiger partial charge on any atom is -0.326 e. The quantitative estimate of drug-likeness (QED) is 0.802. The van der Waals surface area contributed by atoms with Crippen LogP contribution in [-0.2, 0) is 9.59 Å². The Morgan fingerprint density at radius 2 is 1.40 bits per heavy atom. The van der Waals surface area contributed by atoms with Crippen molar-refractivity contribution in [2.75, 3.05) is 10.6 Å². The molecule has 1 aliphatic rings. The fourth-order valence-corrected chi connectivity index (χ4v) is 3.16. The Morgan fingerprint density at radius 3 is 1.96 bits per heavy atom. The molecular formula is C19H18Cl2N2O2. The number of nitrogens with one attached hydrogen (secondary N) is 2. The van der Waals surface area contributed by atoms with Gasteiger partial charge in [0, 0.05) is 11.4 Å². The summed E-state index contributed by atoms with van der Waals surface area (Å²) in [5.74, 6) is -0.929. The summed E-state index contributed by atoms with van der Waals surface area (Å²) >= 11 is 11.8. The van der Waals surface area contributed by atoms with Gasteiger partial charge in [-0.05, 0) is 61.7 Å². The highest BCUT2D eigenvalue weighted by Crippen LogP contribution is 2.40. The molecule has 0 bridgehead atoms. The number of hydrogen-bond acceptors (Lipinski definition) is 2. The van der Waals surface area contributed by atoms with Crippen molar-refractivity contribution in [2.45, 2.75) is 20.3 Å². The molecule has 0 heterocycles. The summed E-state index contributed by atoms with van der Waals surface area (Å²) in [5.41, 5.74) is 3.50. The van der Waals surface area contributed by atoms with E-state index in [1.54, 1.807) is 18.2 Å². The molecule has 2 amide bonds. The van der Waals surface area contributed by atoms with Crippen molar-refractivity contribution < 1.29 is 9.59 Å². The van der Waals surface area contributed by atoms with Crippen LogP contribution in [0.25, 0.3) is 0 Å². The summed E-state index contributed by atoms with van der Waals surface area (Å²) in [6, 6.07) is 10.8. The summed E-state index contributed by atoms with van der Waals surface area (Å²) in [6.45, 7) is 3.96. The van der Waals surface area contributed by atoms with E-state index in [0.29, 0.717) is 22.2 Å². The lowest BCUT2D eigenvalue weighted by atomic mass is 10.1. The van der Waals surface area contributed by atoms with Crippen molar-refractivity contribution in [1.82, 2.24) is 0 Å². The summed E-state index contributed by atoms with van der Waals surface area (Å²) in [6.07, 6.45) is 0.545. The summed E-state index contributed by atoms with van der Waals surface area (Å²) in [7, 11) is 0. The van der Waals surface area contributed by atoms with Gasteiger partial charge in [-0.3, -0.25) is 9.59 Å². The molecule has 1 saturated carbocycles. The number of aryl methyl sites for hydroxylation is 2. The van der Waals surface area contributed by atoms with Crippen LogP contribution in [0.4, 0.5) is 11.4 Å². The molecular weight excluding hydrogens is 359 g/mol. The van der Waals surface area contributed by atoms with E-state index < -0.39 is 0 Å². The lowest BCUT2D eigenvalue weighted by Crippen LogP contribution is -2.20. The number of rotatable bonds is 4. The largest absolute Gasteiger partial charge is 0.326 e. The highest BCUT2D eigenvalue weighted by molar-refractivity contribution is 6.42. The minimum atomic E-state index is -0.319. The van der Waals surface area contributed by atoms with Gasteiger partial charge in [0.05, 0.1) is 21.9 Å². The van der Waals surface area contributed by atoms with Gasteiger partial charge in [-0.2, -0.15) is 0 Å². The summed E-state index contributed by atoms with van der Waals surface area (Å²) in [5, 5.41) is 6.47. The average molecular weight is 377 g/mol. The number of carbonyl (C=O) groups is 2. The number of hydrogen-bond donors (Lipinski definition) is 2. The average Bonchev–Trinajstić information content (AvgIpc) is 3.30. The Morgan fingerprint density at radius 1 is 0.840 bits per heavy atom. The predicted molar refractivity (Wildman–Crippen MR) is 101 cm³/mol. The van der Waals surface area contributed by atoms with Crippen LogP contribution in [0.5, 0.6) is 0 Å². The second-order valence-corrected chi connectivity index (χ2v) is 7.25. The van der Waals surface area contributed by atoms with Crippen molar-refractivity contribution in [2.24, 2.45) is 11.8 Å². The molecule has 4 nitrogen and oxygen atoms in total. The van der Waals surface area contributed by atoms with Gasteiger partial charge in [0.1, 0.15) is 0 Å². The monoisotopic (exact) mass is 376 g/mol. The molecule has 2 N–H and O–H groups in total. The smallest absolute Gasteiger partial charge is 0.228 e. The van der Waals surface area contributed by atoms with Crippen LogP contribution in [0, 0.1) is 25.7 Å². The third-order valence-electron chi connectivity index (χ3n) is 4.14. The second-order valence-electron chi connectivity index (χ2n) is 6.43. The predicted octanol–water partition coefficient (Wildman–Crippen LogP) is 4.82. The second kappa shape index (κ2) is 7.06. The van der Waals surface area contributed by atoms with Gasteiger partial charge in [0.2, 0.25) is 11.8 Å². The molecule has 6 heteroatoms. The fourth-order valence-electron chi connectivity index (χ4n) is 2.87. The molecule has 25 heavy (non-hydrogen) atoms. The third-order valence-corrected chi connectivity index (χ3v) is 4.88. The van der Waals surface area contributed by atoms with E-state index in [-0.39, 0.29) is 23.7 Å². The number of benzene rings is 2. The van der Waals surface area contributed by atoms with Crippen LogP contribution in [0.3, 0.4) is 0 Å². The molecule has 0 aliphatic heterocycles. The van der Waals surface area contributed by atoms with Gasteiger partial charge in [-0.15, -0.1) is 0 Å². The molecule has 2 unspecified atom stereocenters. The molecule has 2 aromatic rings. The zero-order valence-electron chi connectivity index (χ0n) is 13.9. The minimum absolute atomic E-state index is 0.126. The Hall–Kier alpha value is -2.04. The van der Waals surface area contributed by atoms with Gasteiger partial charge in [0.25, 0.3) is 0 Å². The highest BCUT2D eigenvalue weighted by atomic mass is 35.5. The molecule has 0 aromatic heterocycles. The molecule has 0 saturated heterocycles. The number of amides is 2. The van der Waals surface area contributed by atoms with E-state index in [1.807, 2.05) is 32.0 Å². The molecule has 1 fully saturated rings. The maximum absolute atomic E-state index is 12.3. The van der Waals surface area contributed by atoms with E-state index in [0.717, 1.165) is 16.8 Å². The van der Waals surface area contributed by atoms with Gasteiger partial charge in [-0.25, -0.2) is 0 Å². The van der Waals surface area contributed by atoms with Gasteiger partial charge < -0.3 is 10.6 Å². The Labute approximate surface area is 156 Å². The highest BCUT2D eigenvalue weighted by Gasteiger charge is 2.48. The van der Waals surface area contributed by atoms with Crippen molar-refractivity contribution in [3.8, 4) is 0 Å². The van der Waals surface area contributed by atoms with E-state index in [4.69, 9.17) is 23.2 Å². The maximum Gasteiger partial charge on any atom is 0.228 e. The first-order valence-corrected chi connectivity index (χ1v) is 8.74. The lowest BCUT2D eigenvalue weighted by molar-refractivity contribution is -0.122. The van der Waals surface area contributed by atoms with Crippen LogP contribution in [0.15, 0.2) is 36.4 Å². The molecule has 3 rings (SSSR count). The molecule has 2 aromatic carbocycles. The first kappa shape index (κ1) is 17.8. The van der Waals surface area contributed by atoms with Gasteiger partial charge in [-0.1, -0.05) is 29.3 Å². The van der Waals surface area contributed by atoms with Crippen molar-refractivity contribution in [3.63, 3.8) is 0 Å². The molecule has 1 aliphatic carbocycles. The third kappa shape index (κ3) is 4.33. The maximum atomic E-state index is 12.3. The Balaban J connectivity index is 1.58. The zero-order valence-corrected chi connectivity index (χ0v) is 15.4. The van der Waals surface area contributed by atoms with Crippen LogP contribution < -0.4 is 10.6 Å². The van der Waals surface area contributed by atoms with Gasteiger partial charge >= 0.3 is 0 Å². The zero-order chi connectivity index (χ0) is 18.1. The van der Waals surface area contributed by atoms with E-state index in [2.05, 4.69) is 10.6 Å². The van der Waals surface area contributed by atoms with Crippen LogP contribution in [0.1, 0.15) is 17.5 Å². The molecule has 2 atom stereocenters. The molecule has 130 valence electrons. The summed E-state index contributed by atoms with van der Waals surface area (Å²) < 4.78 is 0. The normalized spacial score (nSPS) is 18.6. The van der Waals surface area contributed by atoms with Crippen LogP contribution in [0.2, 0.25) is 10.0 Å². The van der Waals surface area contributed by atoms with E-state index in [1.165, 1.54) is 0 Å². The van der Waals surface area contributed by atoms with E-state index in [9.17, 15) is 9.59 Å². The fraction of sp³-hybridized carbons (Fsp3) is 0.263. The van der Waals surface area contributed by atoms with Crippen molar-refractivity contribution >= 4 is 46.4 Å². The van der Waals surface area contributed by atoms with Crippen LogP contribution in [-0.4, -0.2) is 11.8 Å². The van der Waals surface area contributed by atoms with Crippen LogP contribution >= 0.6 is 23.2 Å². The molecule has 0 spiro atoms. The SMILES string of the molecule is Cc1cc(C)cc(NC(=O)C2CC2C(=O)Nc2ccc(Cl)c(Cl)c2)c1. The first-order chi connectivity index (χ1) is 11.8. The summed E-state index contributed by atoms with van der Waals surface area (Å²) in [4.78, 5) is 24.6. The first-order valence-electron chi connectivity index (χ1n) is 7.98. The Kier molecular flexibility index (Phi) is 5.02. The standard InChI is InChI=1S/C19H18Cl2N2O2/c1-10-5-11(2)7-13(6-10)23-19(25)15-9-14(15)18(24)22-12-3-4-16(20)17(21)8-12/h3-8,14-15H,9H2,1-2H3,(H,22,24)(H,23,25). The number of anilines is 2. The topological polar surface area (TPSA) is 58.2 Å². The van der Waals surface area contributed by atoms with Crippen molar-refractivity contribution in [3.05, 3.63) is 57.6 Å². The van der Waals surface area contributed by atoms with E-state index >= 15 is 0 Å². The Bertz CT molecular complexity index is 831. The van der Waals surface area contributed by atoms with Crippen molar-refractivity contribution in [1.29, 1.82) is 0 Å². The number of halogens is 2. The number of carbonyl (C=O) groups excluding carboxylic acids is 2. The lowest BCUT2D eigenvalue weighted by Gasteiger charge is -2.08. The van der Waals surface area contributed by atoms with Gasteiger partial charge in [0.15, 0.2) is 0 Å². The molecule has 0 radical (unpaired) electrons.